The van der Waals surface area contributed by atoms with Crippen LogP contribution in [0.5, 0.6) is 11.5 Å². The van der Waals surface area contributed by atoms with E-state index in [0.29, 0.717) is 29.1 Å². The van der Waals surface area contributed by atoms with Crippen molar-refractivity contribution in [2.24, 2.45) is 5.92 Å². The fourth-order valence-corrected chi connectivity index (χ4v) is 3.02. The Morgan fingerprint density at radius 1 is 1.24 bits per heavy atom. The van der Waals surface area contributed by atoms with Crippen LogP contribution in [0.15, 0.2) is 30.0 Å². The molecule has 1 amide bonds. The van der Waals surface area contributed by atoms with Crippen LogP contribution in [-0.4, -0.2) is 26.2 Å². The van der Waals surface area contributed by atoms with Crippen molar-refractivity contribution in [2.75, 3.05) is 19.5 Å². The summed E-state index contributed by atoms with van der Waals surface area (Å²) in [6.07, 6.45) is 6.19. The van der Waals surface area contributed by atoms with Gasteiger partial charge in [0.1, 0.15) is 11.6 Å². The molecule has 0 aromatic heterocycles. The lowest BCUT2D eigenvalue weighted by Crippen LogP contribution is -2.34. The van der Waals surface area contributed by atoms with Gasteiger partial charge in [0.05, 0.1) is 14.2 Å². The van der Waals surface area contributed by atoms with Gasteiger partial charge >= 0.3 is 0 Å². The summed E-state index contributed by atoms with van der Waals surface area (Å²) in [5.74, 6) is 1.17. The summed E-state index contributed by atoms with van der Waals surface area (Å²) in [5.41, 5.74) is 0.586. The maximum Gasteiger partial charge on any atom is 0.267 e. The van der Waals surface area contributed by atoms with E-state index in [2.05, 4.69) is 17.6 Å². The average Bonchev–Trinajstić information content (AvgIpc) is 2.63. The molecule has 0 saturated heterocycles. The number of carbonyl (C=O) groups is 1. The van der Waals surface area contributed by atoms with Crippen molar-refractivity contribution in [1.82, 2.24) is 5.32 Å². The number of carbonyl (C=O) groups excluding carboxylic acids is 1. The lowest BCUT2D eigenvalue weighted by atomic mass is 9.86. The molecule has 2 unspecified atom stereocenters. The molecular formula is C19H25N3O3. The summed E-state index contributed by atoms with van der Waals surface area (Å²) >= 11 is 0. The monoisotopic (exact) mass is 343 g/mol. The normalized spacial score (nSPS) is 20.3. The number of amides is 1. The number of nitriles is 1. The lowest BCUT2D eigenvalue weighted by Gasteiger charge is -2.29. The van der Waals surface area contributed by atoms with E-state index in [0.717, 1.165) is 6.42 Å². The van der Waals surface area contributed by atoms with Gasteiger partial charge in [-0.2, -0.15) is 5.26 Å². The van der Waals surface area contributed by atoms with Gasteiger partial charge in [-0.1, -0.05) is 19.8 Å². The van der Waals surface area contributed by atoms with E-state index in [1.165, 1.54) is 32.6 Å². The molecule has 0 aliphatic heterocycles. The van der Waals surface area contributed by atoms with Crippen LogP contribution < -0.4 is 20.1 Å². The smallest absolute Gasteiger partial charge is 0.267 e. The maximum atomic E-state index is 12.3. The summed E-state index contributed by atoms with van der Waals surface area (Å²) in [7, 11) is 3.07. The Hall–Kier alpha value is -2.68. The Bertz CT molecular complexity index is 679. The van der Waals surface area contributed by atoms with E-state index >= 15 is 0 Å². The van der Waals surface area contributed by atoms with Crippen LogP contribution in [-0.2, 0) is 4.79 Å². The summed E-state index contributed by atoms with van der Waals surface area (Å²) in [4.78, 5) is 12.3. The van der Waals surface area contributed by atoms with E-state index in [1.807, 2.05) is 6.07 Å². The molecule has 6 nitrogen and oxygen atoms in total. The molecule has 2 rings (SSSR count). The summed E-state index contributed by atoms with van der Waals surface area (Å²) in [6.45, 7) is 2.19. The number of methoxy groups -OCH3 is 2. The Morgan fingerprint density at radius 2 is 1.96 bits per heavy atom. The quantitative estimate of drug-likeness (QED) is 0.612. The third-order valence-corrected chi connectivity index (χ3v) is 4.56. The van der Waals surface area contributed by atoms with Gasteiger partial charge in [-0.15, -0.1) is 0 Å². The number of rotatable bonds is 6. The molecule has 134 valence electrons. The molecule has 1 aromatic rings. The van der Waals surface area contributed by atoms with Gasteiger partial charge in [-0.05, 0) is 30.9 Å². The second-order valence-electron chi connectivity index (χ2n) is 6.23. The zero-order chi connectivity index (χ0) is 18.2. The number of ether oxygens (including phenoxy) is 2. The van der Waals surface area contributed by atoms with Crippen LogP contribution in [0.1, 0.15) is 32.6 Å². The highest BCUT2D eigenvalue weighted by atomic mass is 16.5. The molecule has 1 aliphatic rings. The predicted octanol–water partition coefficient (Wildman–Crippen LogP) is 3.22. The van der Waals surface area contributed by atoms with Gasteiger partial charge in [-0.3, -0.25) is 4.79 Å². The minimum atomic E-state index is -0.453. The van der Waals surface area contributed by atoms with Gasteiger partial charge in [0.25, 0.3) is 5.91 Å². The van der Waals surface area contributed by atoms with Gasteiger partial charge in [0.15, 0.2) is 11.5 Å². The SMILES string of the molecule is COc1ccc(NC(=O)/C(C#N)=C\NC2CCCCC2C)cc1OC. The minimum absolute atomic E-state index is 0.0487. The van der Waals surface area contributed by atoms with Crippen LogP contribution in [0.3, 0.4) is 0 Å². The van der Waals surface area contributed by atoms with Crippen molar-refractivity contribution in [2.45, 2.75) is 38.6 Å². The standard InChI is InChI=1S/C19H25N3O3/c1-13-6-4-5-7-16(13)21-12-14(11-20)19(23)22-15-8-9-17(24-2)18(10-15)25-3/h8-10,12-13,16,21H,4-7H2,1-3H3,(H,22,23)/b14-12-. The molecule has 25 heavy (non-hydrogen) atoms. The highest BCUT2D eigenvalue weighted by Gasteiger charge is 2.20. The van der Waals surface area contributed by atoms with Gasteiger partial charge < -0.3 is 20.1 Å². The molecule has 1 saturated carbocycles. The van der Waals surface area contributed by atoms with Crippen LogP contribution in [0, 0.1) is 17.2 Å². The molecular weight excluding hydrogens is 318 g/mol. The molecule has 0 heterocycles. The van der Waals surface area contributed by atoms with Crippen molar-refractivity contribution >= 4 is 11.6 Å². The first-order chi connectivity index (χ1) is 12.1. The Kier molecular flexibility index (Phi) is 6.70. The van der Waals surface area contributed by atoms with Crippen LogP contribution >= 0.6 is 0 Å². The molecule has 6 heteroatoms. The molecule has 0 spiro atoms. The fraction of sp³-hybridized carbons (Fsp3) is 0.474. The zero-order valence-corrected chi connectivity index (χ0v) is 15.0. The van der Waals surface area contributed by atoms with E-state index < -0.39 is 5.91 Å². The Balaban J connectivity index is 2.04. The molecule has 0 radical (unpaired) electrons. The number of nitrogens with one attached hydrogen (secondary N) is 2. The van der Waals surface area contributed by atoms with E-state index in [4.69, 9.17) is 9.47 Å². The third-order valence-electron chi connectivity index (χ3n) is 4.56. The van der Waals surface area contributed by atoms with Crippen molar-refractivity contribution in [3.63, 3.8) is 0 Å². The van der Waals surface area contributed by atoms with E-state index in [9.17, 15) is 10.1 Å². The summed E-state index contributed by atoms with van der Waals surface area (Å²) in [5, 5.41) is 15.2. The first-order valence-electron chi connectivity index (χ1n) is 8.48. The third kappa shape index (κ3) is 4.90. The number of hydrogen-bond acceptors (Lipinski definition) is 5. The fourth-order valence-electron chi connectivity index (χ4n) is 3.02. The van der Waals surface area contributed by atoms with Gasteiger partial charge in [0, 0.05) is 24.0 Å². The predicted molar refractivity (Wildman–Crippen MR) is 96.4 cm³/mol. The van der Waals surface area contributed by atoms with Crippen molar-refractivity contribution in [3.05, 3.63) is 30.0 Å². The molecule has 1 fully saturated rings. The molecule has 2 N–H and O–H groups in total. The molecule has 0 bridgehead atoms. The number of benzene rings is 1. The first kappa shape index (κ1) is 18.7. The maximum absolute atomic E-state index is 12.3. The van der Waals surface area contributed by atoms with Crippen LogP contribution in [0.25, 0.3) is 0 Å². The highest BCUT2D eigenvalue weighted by molar-refractivity contribution is 6.06. The Labute approximate surface area is 148 Å². The first-order valence-corrected chi connectivity index (χ1v) is 8.48. The molecule has 1 aliphatic carbocycles. The summed E-state index contributed by atoms with van der Waals surface area (Å²) < 4.78 is 10.4. The second-order valence-corrected chi connectivity index (χ2v) is 6.23. The lowest BCUT2D eigenvalue weighted by molar-refractivity contribution is -0.112. The average molecular weight is 343 g/mol. The van der Waals surface area contributed by atoms with Crippen molar-refractivity contribution < 1.29 is 14.3 Å². The molecule has 1 aromatic carbocycles. The van der Waals surface area contributed by atoms with E-state index in [1.54, 1.807) is 25.3 Å². The minimum Gasteiger partial charge on any atom is -0.493 e. The topological polar surface area (TPSA) is 83.4 Å². The highest BCUT2D eigenvalue weighted by Crippen LogP contribution is 2.30. The number of nitrogens with zero attached hydrogens (tertiary/aromatic N) is 1. The van der Waals surface area contributed by atoms with E-state index in [-0.39, 0.29) is 5.57 Å². The molecule has 2 atom stereocenters. The summed E-state index contributed by atoms with van der Waals surface area (Å²) in [6, 6.07) is 7.32. The number of hydrogen-bond donors (Lipinski definition) is 2. The zero-order valence-electron chi connectivity index (χ0n) is 15.0. The second kappa shape index (κ2) is 8.97. The van der Waals surface area contributed by atoms with Gasteiger partial charge in [-0.25, -0.2) is 0 Å². The van der Waals surface area contributed by atoms with Crippen LogP contribution in [0.4, 0.5) is 5.69 Å². The largest absolute Gasteiger partial charge is 0.493 e. The Morgan fingerprint density at radius 3 is 2.60 bits per heavy atom. The van der Waals surface area contributed by atoms with Crippen molar-refractivity contribution in [3.8, 4) is 17.6 Å². The van der Waals surface area contributed by atoms with Crippen LogP contribution in [0.2, 0.25) is 0 Å². The van der Waals surface area contributed by atoms with Gasteiger partial charge in [0.2, 0.25) is 0 Å². The number of anilines is 1. The van der Waals surface area contributed by atoms with Crippen molar-refractivity contribution in [1.29, 1.82) is 5.26 Å².